The summed E-state index contributed by atoms with van der Waals surface area (Å²) in [5.74, 6) is -0.906. The summed E-state index contributed by atoms with van der Waals surface area (Å²) in [5, 5.41) is 12.3. The minimum atomic E-state index is -0.906. The van der Waals surface area contributed by atoms with Crippen LogP contribution < -0.4 is 5.32 Å². The van der Waals surface area contributed by atoms with Crippen molar-refractivity contribution in [2.75, 3.05) is 20.6 Å². The van der Waals surface area contributed by atoms with E-state index in [0.717, 1.165) is 23.1 Å². The number of carboxylic acids is 1. The molecule has 1 aromatic carbocycles. The van der Waals surface area contributed by atoms with Gasteiger partial charge in [0.1, 0.15) is 0 Å². The van der Waals surface area contributed by atoms with Crippen LogP contribution in [0.2, 0.25) is 0 Å². The molecule has 0 heterocycles. The van der Waals surface area contributed by atoms with E-state index in [1.54, 1.807) is 12.1 Å². The highest BCUT2D eigenvalue weighted by atomic mass is 79.9. The number of rotatable bonds is 6. The molecule has 0 aromatic heterocycles. The quantitative estimate of drug-likeness (QED) is 0.845. The SMILES string of the molecule is CC(CN(C)C)NCc1ccc(C(=O)O)cc1Br. The Morgan fingerprint density at radius 3 is 2.67 bits per heavy atom. The third-order valence-electron chi connectivity index (χ3n) is 2.58. The zero-order chi connectivity index (χ0) is 13.7. The van der Waals surface area contributed by atoms with E-state index in [1.165, 1.54) is 0 Å². The van der Waals surface area contributed by atoms with Crippen molar-refractivity contribution in [3.05, 3.63) is 33.8 Å². The van der Waals surface area contributed by atoms with Crippen molar-refractivity contribution in [1.82, 2.24) is 10.2 Å². The van der Waals surface area contributed by atoms with Crippen molar-refractivity contribution in [3.63, 3.8) is 0 Å². The maximum absolute atomic E-state index is 10.8. The highest BCUT2D eigenvalue weighted by Crippen LogP contribution is 2.18. The van der Waals surface area contributed by atoms with Gasteiger partial charge < -0.3 is 15.3 Å². The highest BCUT2D eigenvalue weighted by Gasteiger charge is 2.08. The molecule has 0 aliphatic heterocycles. The van der Waals surface area contributed by atoms with Crippen molar-refractivity contribution >= 4 is 21.9 Å². The summed E-state index contributed by atoms with van der Waals surface area (Å²) in [4.78, 5) is 12.9. The number of benzene rings is 1. The Kier molecular flexibility index (Phi) is 5.78. The summed E-state index contributed by atoms with van der Waals surface area (Å²) >= 11 is 3.40. The first-order valence-electron chi connectivity index (χ1n) is 5.80. The van der Waals surface area contributed by atoms with Crippen molar-refractivity contribution in [2.45, 2.75) is 19.5 Å². The van der Waals surface area contributed by atoms with Crippen LogP contribution in [0.1, 0.15) is 22.8 Å². The van der Waals surface area contributed by atoms with E-state index in [1.807, 2.05) is 20.2 Å². The Morgan fingerprint density at radius 2 is 2.17 bits per heavy atom. The summed E-state index contributed by atoms with van der Waals surface area (Å²) in [5.41, 5.74) is 1.36. The number of hydrogen-bond donors (Lipinski definition) is 2. The fourth-order valence-electron chi connectivity index (χ4n) is 1.72. The molecular formula is C13H19BrN2O2. The number of halogens is 1. The molecule has 100 valence electrons. The standard InChI is InChI=1S/C13H19BrN2O2/c1-9(8-16(2)3)15-7-11-5-4-10(13(17)18)6-12(11)14/h4-6,9,15H,7-8H2,1-3H3,(H,17,18). The molecular weight excluding hydrogens is 296 g/mol. The molecule has 1 rings (SSSR count). The van der Waals surface area contributed by atoms with Crippen LogP contribution in [0.25, 0.3) is 0 Å². The summed E-state index contributed by atoms with van der Waals surface area (Å²) in [6.45, 7) is 3.81. The Bertz CT molecular complexity index is 421. The van der Waals surface area contributed by atoms with Gasteiger partial charge in [0.15, 0.2) is 0 Å². The van der Waals surface area contributed by atoms with Crippen LogP contribution in [0.5, 0.6) is 0 Å². The minimum absolute atomic E-state index is 0.298. The molecule has 0 aliphatic carbocycles. The van der Waals surface area contributed by atoms with Gasteiger partial charge in [-0.3, -0.25) is 0 Å². The average molecular weight is 315 g/mol. The van der Waals surface area contributed by atoms with Crippen LogP contribution in [0.3, 0.4) is 0 Å². The minimum Gasteiger partial charge on any atom is -0.478 e. The van der Waals surface area contributed by atoms with E-state index in [-0.39, 0.29) is 0 Å². The highest BCUT2D eigenvalue weighted by molar-refractivity contribution is 9.10. The number of carboxylic acid groups (broad SMARTS) is 1. The van der Waals surface area contributed by atoms with E-state index in [4.69, 9.17) is 5.11 Å². The maximum Gasteiger partial charge on any atom is 0.335 e. The predicted octanol–water partition coefficient (Wildman–Crippen LogP) is 2.19. The lowest BCUT2D eigenvalue weighted by Gasteiger charge is -2.18. The fourth-order valence-corrected chi connectivity index (χ4v) is 2.24. The molecule has 1 aromatic rings. The van der Waals surface area contributed by atoms with Crippen LogP contribution in [-0.2, 0) is 6.54 Å². The molecule has 1 unspecified atom stereocenters. The van der Waals surface area contributed by atoms with Gasteiger partial charge in [0.2, 0.25) is 0 Å². The Hall–Kier alpha value is -0.910. The molecule has 0 spiro atoms. The van der Waals surface area contributed by atoms with Crippen LogP contribution in [0.4, 0.5) is 0 Å². The lowest BCUT2D eigenvalue weighted by molar-refractivity contribution is 0.0697. The number of nitrogens with zero attached hydrogens (tertiary/aromatic N) is 1. The van der Waals surface area contributed by atoms with E-state index < -0.39 is 5.97 Å². The van der Waals surface area contributed by atoms with Crippen LogP contribution in [-0.4, -0.2) is 42.7 Å². The molecule has 5 heteroatoms. The molecule has 0 amide bonds. The molecule has 4 nitrogen and oxygen atoms in total. The van der Waals surface area contributed by atoms with Gasteiger partial charge in [-0.05, 0) is 38.7 Å². The lowest BCUT2D eigenvalue weighted by Crippen LogP contribution is -2.35. The Morgan fingerprint density at radius 1 is 1.50 bits per heavy atom. The molecule has 0 aliphatic rings. The molecule has 2 N–H and O–H groups in total. The first-order chi connectivity index (χ1) is 8.40. The van der Waals surface area contributed by atoms with Gasteiger partial charge in [0.25, 0.3) is 0 Å². The Balaban J connectivity index is 2.60. The van der Waals surface area contributed by atoms with E-state index in [9.17, 15) is 4.79 Å². The molecule has 0 saturated heterocycles. The first kappa shape index (κ1) is 15.1. The van der Waals surface area contributed by atoms with Gasteiger partial charge in [-0.2, -0.15) is 0 Å². The molecule has 18 heavy (non-hydrogen) atoms. The second-order valence-electron chi connectivity index (χ2n) is 4.66. The Labute approximate surface area is 116 Å². The molecule has 0 bridgehead atoms. The van der Waals surface area contributed by atoms with Gasteiger partial charge in [-0.15, -0.1) is 0 Å². The largest absolute Gasteiger partial charge is 0.478 e. The summed E-state index contributed by atoms with van der Waals surface area (Å²) in [7, 11) is 4.07. The third kappa shape index (κ3) is 4.76. The van der Waals surface area contributed by atoms with Gasteiger partial charge in [0.05, 0.1) is 5.56 Å². The lowest BCUT2D eigenvalue weighted by atomic mass is 10.1. The summed E-state index contributed by atoms with van der Waals surface area (Å²) in [6.07, 6.45) is 0. The molecule has 0 fully saturated rings. The van der Waals surface area contributed by atoms with Crippen LogP contribution in [0, 0.1) is 0 Å². The smallest absolute Gasteiger partial charge is 0.335 e. The van der Waals surface area contributed by atoms with Crippen molar-refractivity contribution < 1.29 is 9.90 Å². The maximum atomic E-state index is 10.8. The summed E-state index contributed by atoms with van der Waals surface area (Å²) < 4.78 is 0.826. The third-order valence-corrected chi connectivity index (χ3v) is 3.32. The van der Waals surface area contributed by atoms with Crippen molar-refractivity contribution in [1.29, 1.82) is 0 Å². The second kappa shape index (κ2) is 6.87. The van der Waals surface area contributed by atoms with E-state index in [2.05, 4.69) is 33.1 Å². The van der Waals surface area contributed by atoms with Gasteiger partial charge in [-0.1, -0.05) is 22.0 Å². The zero-order valence-corrected chi connectivity index (χ0v) is 12.5. The number of nitrogens with one attached hydrogen (secondary N) is 1. The first-order valence-corrected chi connectivity index (χ1v) is 6.59. The molecule has 0 radical (unpaired) electrons. The van der Waals surface area contributed by atoms with E-state index in [0.29, 0.717) is 11.6 Å². The number of carbonyl (C=O) groups is 1. The summed E-state index contributed by atoms with van der Waals surface area (Å²) in [6, 6.07) is 5.48. The number of hydrogen-bond acceptors (Lipinski definition) is 3. The van der Waals surface area contributed by atoms with Crippen molar-refractivity contribution in [2.24, 2.45) is 0 Å². The zero-order valence-electron chi connectivity index (χ0n) is 10.9. The molecule has 1 atom stereocenters. The average Bonchev–Trinajstić information content (AvgIpc) is 2.26. The predicted molar refractivity (Wildman–Crippen MR) is 76.0 cm³/mol. The monoisotopic (exact) mass is 314 g/mol. The van der Waals surface area contributed by atoms with E-state index >= 15 is 0 Å². The van der Waals surface area contributed by atoms with Crippen molar-refractivity contribution in [3.8, 4) is 0 Å². The molecule has 0 saturated carbocycles. The second-order valence-corrected chi connectivity index (χ2v) is 5.51. The van der Waals surface area contributed by atoms with Gasteiger partial charge in [-0.25, -0.2) is 4.79 Å². The number of aromatic carboxylic acids is 1. The van der Waals surface area contributed by atoms with Crippen LogP contribution >= 0.6 is 15.9 Å². The number of likely N-dealkylation sites (N-methyl/N-ethyl adjacent to an activating group) is 1. The normalized spacial score (nSPS) is 12.7. The van der Waals surface area contributed by atoms with Crippen LogP contribution in [0.15, 0.2) is 22.7 Å². The topological polar surface area (TPSA) is 52.6 Å². The van der Waals surface area contributed by atoms with Gasteiger partial charge in [0, 0.05) is 23.6 Å². The van der Waals surface area contributed by atoms with Gasteiger partial charge >= 0.3 is 5.97 Å². The fraction of sp³-hybridized carbons (Fsp3) is 0.462.